The maximum atomic E-state index is 8.83. The summed E-state index contributed by atoms with van der Waals surface area (Å²) in [4.78, 5) is 1.99. The minimum absolute atomic E-state index is 0.329. The van der Waals surface area contributed by atoms with Crippen LogP contribution in [-0.2, 0) is 0 Å². The molecule has 0 bridgehead atoms. The lowest BCUT2D eigenvalue weighted by Crippen LogP contribution is -2.25. The molecule has 1 rings (SSSR count). The lowest BCUT2D eigenvalue weighted by atomic mass is 10.3. The summed E-state index contributed by atoms with van der Waals surface area (Å²) in [7, 11) is 1.93. The number of hydrogen-bond donors (Lipinski definition) is 1. The van der Waals surface area contributed by atoms with E-state index in [1.807, 2.05) is 11.9 Å². The first-order valence-corrected chi connectivity index (χ1v) is 4.73. The van der Waals surface area contributed by atoms with Crippen LogP contribution in [0.3, 0.4) is 0 Å². The third-order valence-corrected chi connectivity index (χ3v) is 2.86. The smallest absolute Gasteiger partial charge is 0.157 e. The number of nitrogen functional groups attached to an aromatic ring is 1. The van der Waals surface area contributed by atoms with Crippen molar-refractivity contribution in [3.63, 3.8) is 0 Å². The molecule has 13 heavy (non-hydrogen) atoms. The quantitative estimate of drug-likeness (QED) is 0.777. The summed E-state index contributed by atoms with van der Waals surface area (Å²) in [5.41, 5.74) is 6.03. The largest absolute Gasteiger partial charge is 0.382 e. The van der Waals surface area contributed by atoms with E-state index < -0.39 is 0 Å². The molecule has 1 aromatic heterocycles. The van der Waals surface area contributed by atoms with Crippen molar-refractivity contribution in [1.82, 2.24) is 4.37 Å². The van der Waals surface area contributed by atoms with E-state index in [1.165, 1.54) is 11.5 Å². The van der Waals surface area contributed by atoms with Gasteiger partial charge in [-0.25, -0.2) is 0 Å². The molecule has 0 aromatic carbocycles. The molecule has 0 saturated heterocycles. The van der Waals surface area contributed by atoms with Crippen molar-refractivity contribution in [2.75, 3.05) is 17.7 Å². The Morgan fingerprint density at radius 2 is 2.23 bits per heavy atom. The predicted molar refractivity (Wildman–Crippen MR) is 54.8 cm³/mol. The topological polar surface area (TPSA) is 65.9 Å². The van der Waals surface area contributed by atoms with Gasteiger partial charge in [-0.1, -0.05) is 0 Å². The van der Waals surface area contributed by atoms with Crippen LogP contribution in [0.5, 0.6) is 0 Å². The van der Waals surface area contributed by atoms with Gasteiger partial charge in [0.25, 0.3) is 0 Å². The third kappa shape index (κ3) is 1.73. The lowest BCUT2D eigenvalue weighted by molar-refractivity contribution is 0.760. The van der Waals surface area contributed by atoms with Crippen molar-refractivity contribution in [3.8, 4) is 6.07 Å². The molecule has 0 aliphatic rings. The number of nitriles is 1. The summed E-state index contributed by atoms with van der Waals surface area (Å²) in [5.74, 6) is 0.329. The lowest BCUT2D eigenvalue weighted by Gasteiger charge is -2.21. The Bertz CT molecular complexity index is 336. The Labute approximate surface area is 81.7 Å². The van der Waals surface area contributed by atoms with Gasteiger partial charge in [-0.15, -0.1) is 0 Å². The third-order valence-electron chi connectivity index (χ3n) is 1.91. The molecule has 0 amide bonds. The van der Waals surface area contributed by atoms with Crippen LogP contribution in [0.25, 0.3) is 0 Å². The minimum atomic E-state index is 0.329. The van der Waals surface area contributed by atoms with Crippen LogP contribution in [0.2, 0.25) is 0 Å². The SMILES string of the molecule is CC(C)N(C)c1snc(N)c1C#N. The molecule has 0 fully saturated rings. The molecule has 0 atom stereocenters. The van der Waals surface area contributed by atoms with Gasteiger partial charge in [0.05, 0.1) is 0 Å². The molecule has 0 saturated carbocycles. The van der Waals surface area contributed by atoms with E-state index in [1.54, 1.807) is 0 Å². The number of nitrogens with zero attached hydrogens (tertiary/aromatic N) is 3. The highest BCUT2D eigenvalue weighted by atomic mass is 32.1. The van der Waals surface area contributed by atoms with Crippen molar-refractivity contribution in [2.24, 2.45) is 0 Å². The van der Waals surface area contributed by atoms with Crippen LogP contribution >= 0.6 is 11.5 Å². The second-order valence-corrected chi connectivity index (χ2v) is 3.82. The summed E-state index contributed by atoms with van der Waals surface area (Å²) >= 11 is 1.27. The fraction of sp³-hybridized carbons (Fsp3) is 0.500. The molecular weight excluding hydrogens is 184 g/mol. The summed E-state index contributed by atoms with van der Waals surface area (Å²) in [6, 6.07) is 2.40. The summed E-state index contributed by atoms with van der Waals surface area (Å²) in [6.07, 6.45) is 0. The Hall–Kier alpha value is -1.28. The molecule has 0 radical (unpaired) electrons. The van der Waals surface area contributed by atoms with E-state index in [2.05, 4.69) is 24.3 Å². The van der Waals surface area contributed by atoms with Crippen LogP contribution in [0.15, 0.2) is 0 Å². The van der Waals surface area contributed by atoms with Gasteiger partial charge in [0, 0.05) is 13.1 Å². The van der Waals surface area contributed by atoms with Crippen LogP contribution < -0.4 is 10.6 Å². The molecule has 1 aromatic rings. The average molecular weight is 196 g/mol. The van der Waals surface area contributed by atoms with Gasteiger partial charge < -0.3 is 10.6 Å². The maximum Gasteiger partial charge on any atom is 0.157 e. The van der Waals surface area contributed by atoms with Gasteiger partial charge in [0.15, 0.2) is 5.82 Å². The molecule has 2 N–H and O–H groups in total. The van der Waals surface area contributed by atoms with E-state index in [0.29, 0.717) is 17.4 Å². The summed E-state index contributed by atoms with van der Waals surface area (Å²) in [5, 5.41) is 9.67. The zero-order chi connectivity index (χ0) is 10.0. The zero-order valence-corrected chi connectivity index (χ0v) is 8.72. The molecule has 0 aliphatic carbocycles. The van der Waals surface area contributed by atoms with Crippen LogP contribution in [-0.4, -0.2) is 17.5 Å². The van der Waals surface area contributed by atoms with Gasteiger partial charge >= 0.3 is 0 Å². The number of hydrogen-bond acceptors (Lipinski definition) is 5. The van der Waals surface area contributed by atoms with Crippen molar-refractivity contribution >= 4 is 22.4 Å². The van der Waals surface area contributed by atoms with Crippen LogP contribution in [0.1, 0.15) is 19.4 Å². The standard InChI is InChI=1S/C8H12N4S/c1-5(2)12(3)8-6(4-9)7(10)11-13-8/h5H,1-3H3,(H2,10,11). The highest BCUT2D eigenvalue weighted by molar-refractivity contribution is 7.10. The number of anilines is 2. The van der Waals surface area contributed by atoms with Crippen LogP contribution in [0.4, 0.5) is 10.8 Å². The number of aromatic nitrogens is 1. The summed E-state index contributed by atoms with van der Waals surface area (Å²) < 4.78 is 3.95. The van der Waals surface area contributed by atoms with E-state index >= 15 is 0 Å². The molecule has 5 heteroatoms. The first kappa shape index (κ1) is 9.81. The Kier molecular flexibility index (Phi) is 2.73. The van der Waals surface area contributed by atoms with Crippen molar-refractivity contribution in [2.45, 2.75) is 19.9 Å². The van der Waals surface area contributed by atoms with Gasteiger partial charge in [-0.05, 0) is 25.4 Å². The predicted octanol–water partition coefficient (Wildman–Crippen LogP) is 1.44. The first-order valence-electron chi connectivity index (χ1n) is 3.96. The Morgan fingerprint density at radius 1 is 1.62 bits per heavy atom. The molecule has 0 aliphatic heterocycles. The van der Waals surface area contributed by atoms with Gasteiger partial charge in [0.2, 0.25) is 0 Å². The number of rotatable bonds is 2. The number of nitrogens with two attached hydrogens (primary N) is 1. The molecule has 4 nitrogen and oxygen atoms in total. The Morgan fingerprint density at radius 3 is 2.69 bits per heavy atom. The zero-order valence-electron chi connectivity index (χ0n) is 7.90. The van der Waals surface area contributed by atoms with Gasteiger partial charge in [-0.2, -0.15) is 9.64 Å². The molecule has 0 spiro atoms. The first-order chi connectivity index (χ1) is 6.07. The maximum absolute atomic E-state index is 8.83. The molecule has 0 unspecified atom stereocenters. The molecule has 1 heterocycles. The minimum Gasteiger partial charge on any atom is -0.382 e. The van der Waals surface area contributed by atoms with Gasteiger partial charge in [0.1, 0.15) is 16.6 Å². The van der Waals surface area contributed by atoms with Crippen molar-refractivity contribution in [1.29, 1.82) is 5.26 Å². The fourth-order valence-corrected chi connectivity index (χ4v) is 1.73. The normalized spacial score (nSPS) is 10.1. The average Bonchev–Trinajstić information content (AvgIpc) is 2.45. The molecular formula is C8H12N4S. The fourth-order valence-electron chi connectivity index (χ4n) is 0.874. The highest BCUT2D eigenvalue weighted by Gasteiger charge is 2.16. The second kappa shape index (κ2) is 3.62. The van der Waals surface area contributed by atoms with E-state index in [-0.39, 0.29) is 0 Å². The van der Waals surface area contributed by atoms with Crippen LogP contribution in [0, 0.1) is 11.3 Å². The monoisotopic (exact) mass is 196 g/mol. The van der Waals surface area contributed by atoms with Crippen molar-refractivity contribution < 1.29 is 0 Å². The van der Waals surface area contributed by atoms with Crippen molar-refractivity contribution in [3.05, 3.63) is 5.56 Å². The summed E-state index contributed by atoms with van der Waals surface area (Å²) in [6.45, 7) is 4.11. The second-order valence-electron chi connectivity index (χ2n) is 3.06. The van der Waals surface area contributed by atoms with E-state index in [4.69, 9.17) is 11.0 Å². The molecule has 70 valence electrons. The highest BCUT2D eigenvalue weighted by Crippen LogP contribution is 2.29. The Balaban J connectivity index is 3.09. The van der Waals surface area contributed by atoms with Gasteiger partial charge in [-0.3, -0.25) is 0 Å². The van der Waals surface area contributed by atoms with E-state index in [9.17, 15) is 0 Å². The van der Waals surface area contributed by atoms with E-state index in [0.717, 1.165) is 5.00 Å².